The van der Waals surface area contributed by atoms with Crippen LogP contribution in [0.25, 0.3) is 0 Å². The minimum Gasteiger partial charge on any atom is -0.258 e. The lowest BCUT2D eigenvalue weighted by Crippen LogP contribution is -2.10. The van der Waals surface area contributed by atoms with Gasteiger partial charge in [0.15, 0.2) is 4.90 Å². The number of hydrogen-bond acceptors (Lipinski definition) is 4. The minimum atomic E-state index is -4.87. The Kier molecular flexibility index (Phi) is 3.94. The van der Waals surface area contributed by atoms with Gasteiger partial charge in [0.1, 0.15) is 0 Å². The lowest BCUT2D eigenvalue weighted by atomic mass is 10.2. The zero-order valence-electron chi connectivity index (χ0n) is 8.03. The molecule has 0 heterocycles. The van der Waals surface area contributed by atoms with Crippen molar-refractivity contribution in [3.63, 3.8) is 0 Å². The molecule has 11 heteroatoms. The number of benzene rings is 1. The average molecular weight is 369 g/mol. The molecule has 0 aliphatic rings. The first-order valence-corrected chi connectivity index (χ1v) is 7.05. The minimum absolute atomic E-state index is 0.397. The van der Waals surface area contributed by atoms with Crippen molar-refractivity contribution >= 4 is 41.4 Å². The van der Waals surface area contributed by atoms with Gasteiger partial charge in [-0.25, -0.2) is 8.42 Å². The zero-order valence-corrected chi connectivity index (χ0v) is 11.2. The van der Waals surface area contributed by atoms with E-state index in [1.807, 2.05) is 0 Å². The van der Waals surface area contributed by atoms with Gasteiger partial charge in [-0.15, -0.1) is 0 Å². The van der Waals surface area contributed by atoms with Crippen LogP contribution in [0.4, 0.5) is 18.9 Å². The van der Waals surface area contributed by atoms with E-state index in [1.165, 1.54) is 0 Å². The van der Waals surface area contributed by atoms with Crippen molar-refractivity contribution in [2.24, 2.45) is 0 Å². The SMILES string of the molecule is O=[N+]([O-])c1ccc(C(F)(F)F)c(Br)c1S(=O)(=O)Cl. The summed E-state index contributed by atoms with van der Waals surface area (Å²) in [6.07, 6.45) is -4.87. The van der Waals surface area contributed by atoms with Gasteiger partial charge in [0.05, 0.1) is 15.0 Å². The second-order valence-electron chi connectivity index (χ2n) is 2.97. The Morgan fingerprint density at radius 2 is 1.83 bits per heavy atom. The number of nitro groups is 1. The largest absolute Gasteiger partial charge is 0.417 e. The molecule has 0 N–H and O–H groups in total. The molecule has 1 rings (SSSR count). The van der Waals surface area contributed by atoms with E-state index in [1.54, 1.807) is 0 Å². The molecule has 0 aromatic heterocycles. The summed E-state index contributed by atoms with van der Waals surface area (Å²) in [4.78, 5) is 8.20. The van der Waals surface area contributed by atoms with Gasteiger partial charge in [0.25, 0.3) is 14.7 Å². The molecule has 18 heavy (non-hydrogen) atoms. The van der Waals surface area contributed by atoms with Gasteiger partial charge in [-0.3, -0.25) is 10.1 Å². The Morgan fingerprint density at radius 3 is 2.17 bits per heavy atom. The maximum atomic E-state index is 12.5. The standard InChI is InChI=1S/C7H2BrClF3NO4S/c8-5-3(7(10,11)12)1-2-4(13(14)15)6(5)18(9,16)17/h1-2H. The van der Waals surface area contributed by atoms with Crippen LogP contribution in [-0.2, 0) is 15.2 Å². The molecule has 0 amide bonds. The summed E-state index contributed by atoms with van der Waals surface area (Å²) in [5, 5.41) is 10.6. The van der Waals surface area contributed by atoms with Gasteiger partial charge in [-0.1, -0.05) is 0 Å². The maximum Gasteiger partial charge on any atom is 0.417 e. The molecule has 0 aliphatic heterocycles. The molecule has 1 aromatic carbocycles. The summed E-state index contributed by atoms with van der Waals surface area (Å²) in [5.74, 6) is 0. The van der Waals surface area contributed by atoms with Gasteiger partial charge < -0.3 is 0 Å². The van der Waals surface area contributed by atoms with Crippen LogP contribution < -0.4 is 0 Å². The lowest BCUT2D eigenvalue weighted by Gasteiger charge is -2.11. The molecule has 100 valence electrons. The predicted molar refractivity (Wildman–Crippen MR) is 58.8 cm³/mol. The van der Waals surface area contributed by atoms with Crippen LogP contribution in [0, 0.1) is 10.1 Å². The molecular weight excluding hydrogens is 366 g/mol. The quantitative estimate of drug-likeness (QED) is 0.456. The molecular formula is C7H2BrClF3NO4S. The Morgan fingerprint density at radius 1 is 1.33 bits per heavy atom. The van der Waals surface area contributed by atoms with Crippen LogP contribution in [0.2, 0.25) is 0 Å². The van der Waals surface area contributed by atoms with E-state index in [0.29, 0.717) is 12.1 Å². The van der Waals surface area contributed by atoms with Gasteiger partial charge in [-0.05, 0) is 22.0 Å². The summed E-state index contributed by atoms with van der Waals surface area (Å²) >= 11 is 2.38. The van der Waals surface area contributed by atoms with E-state index >= 15 is 0 Å². The Bertz CT molecular complexity index is 616. The molecule has 0 aliphatic carbocycles. The van der Waals surface area contributed by atoms with E-state index in [-0.39, 0.29) is 0 Å². The van der Waals surface area contributed by atoms with Crippen molar-refractivity contribution in [2.45, 2.75) is 11.1 Å². The van der Waals surface area contributed by atoms with Gasteiger partial charge in [0.2, 0.25) is 0 Å². The normalized spacial score (nSPS) is 12.5. The highest BCUT2D eigenvalue weighted by molar-refractivity contribution is 9.10. The highest BCUT2D eigenvalue weighted by Crippen LogP contribution is 2.42. The summed E-state index contributed by atoms with van der Waals surface area (Å²) in [7, 11) is 0.197. The Balaban J connectivity index is 3.78. The number of hydrogen-bond donors (Lipinski definition) is 0. The fraction of sp³-hybridized carbons (Fsp3) is 0.143. The molecule has 0 radical (unpaired) electrons. The van der Waals surface area contributed by atoms with Gasteiger partial charge >= 0.3 is 6.18 Å². The smallest absolute Gasteiger partial charge is 0.258 e. The van der Waals surface area contributed by atoms with Crippen molar-refractivity contribution in [1.82, 2.24) is 0 Å². The first-order chi connectivity index (χ1) is 7.96. The van der Waals surface area contributed by atoms with Gasteiger partial charge in [0, 0.05) is 16.7 Å². The zero-order chi connectivity index (χ0) is 14.3. The molecule has 5 nitrogen and oxygen atoms in total. The van der Waals surface area contributed by atoms with Crippen LogP contribution in [0.1, 0.15) is 5.56 Å². The summed E-state index contributed by atoms with van der Waals surface area (Å²) in [6, 6.07) is 0.830. The number of rotatable bonds is 2. The Labute approximate surface area is 111 Å². The van der Waals surface area contributed by atoms with Crippen LogP contribution in [0.5, 0.6) is 0 Å². The van der Waals surface area contributed by atoms with E-state index in [4.69, 9.17) is 10.7 Å². The fourth-order valence-corrected chi connectivity index (χ4v) is 3.80. The third-order valence-corrected chi connectivity index (χ3v) is 4.27. The first kappa shape index (κ1) is 15.2. The van der Waals surface area contributed by atoms with Crippen molar-refractivity contribution < 1.29 is 26.5 Å². The molecule has 0 atom stereocenters. The van der Waals surface area contributed by atoms with Crippen molar-refractivity contribution in [3.05, 3.63) is 32.3 Å². The molecule has 0 fully saturated rings. The number of nitro benzene ring substituents is 1. The fourth-order valence-electron chi connectivity index (χ4n) is 1.14. The number of halogens is 5. The third kappa shape index (κ3) is 2.93. The van der Waals surface area contributed by atoms with E-state index < -0.39 is 40.8 Å². The second kappa shape index (κ2) is 4.67. The highest BCUT2D eigenvalue weighted by atomic mass is 79.9. The van der Waals surface area contributed by atoms with E-state index in [9.17, 15) is 31.7 Å². The van der Waals surface area contributed by atoms with Crippen LogP contribution in [0.15, 0.2) is 21.5 Å². The monoisotopic (exact) mass is 367 g/mol. The van der Waals surface area contributed by atoms with Crippen LogP contribution >= 0.6 is 26.6 Å². The second-order valence-corrected chi connectivity index (χ2v) is 6.26. The summed E-state index contributed by atoms with van der Waals surface area (Å²) in [6.45, 7) is 0. The third-order valence-electron chi connectivity index (χ3n) is 1.82. The van der Waals surface area contributed by atoms with E-state index in [2.05, 4.69) is 15.9 Å². The van der Waals surface area contributed by atoms with Crippen LogP contribution in [0.3, 0.4) is 0 Å². The lowest BCUT2D eigenvalue weighted by molar-refractivity contribution is -0.388. The van der Waals surface area contributed by atoms with Crippen molar-refractivity contribution in [1.29, 1.82) is 0 Å². The molecule has 0 saturated heterocycles. The topological polar surface area (TPSA) is 77.3 Å². The Hall–Kier alpha value is -0.870. The summed E-state index contributed by atoms with van der Waals surface area (Å²) in [5.41, 5.74) is -2.41. The molecule has 1 aromatic rings. The van der Waals surface area contributed by atoms with Crippen LogP contribution in [-0.4, -0.2) is 13.3 Å². The average Bonchev–Trinajstić information content (AvgIpc) is 2.12. The maximum absolute atomic E-state index is 12.5. The number of nitrogens with zero attached hydrogens (tertiary/aromatic N) is 1. The first-order valence-electron chi connectivity index (χ1n) is 3.95. The van der Waals surface area contributed by atoms with Gasteiger partial charge in [-0.2, -0.15) is 13.2 Å². The molecule has 0 spiro atoms. The predicted octanol–water partition coefficient (Wildman–Crippen LogP) is 3.30. The molecule has 0 unspecified atom stereocenters. The highest BCUT2D eigenvalue weighted by Gasteiger charge is 2.39. The van der Waals surface area contributed by atoms with Crippen molar-refractivity contribution in [3.8, 4) is 0 Å². The van der Waals surface area contributed by atoms with E-state index in [0.717, 1.165) is 0 Å². The van der Waals surface area contributed by atoms with Crippen molar-refractivity contribution in [2.75, 3.05) is 0 Å². The summed E-state index contributed by atoms with van der Waals surface area (Å²) < 4.78 is 58.8. The molecule has 0 saturated carbocycles. The number of alkyl halides is 3. The molecule has 0 bridgehead atoms.